The van der Waals surface area contributed by atoms with Gasteiger partial charge in [0, 0.05) is 17.7 Å². The van der Waals surface area contributed by atoms with Gasteiger partial charge in [0.25, 0.3) is 0 Å². The Labute approximate surface area is 115 Å². The van der Waals surface area contributed by atoms with Gasteiger partial charge < -0.3 is 15.2 Å². The molecule has 1 heterocycles. The molecule has 3 heteroatoms. The van der Waals surface area contributed by atoms with Crippen LogP contribution in [-0.4, -0.2) is 17.8 Å². The molecular weight excluding hydrogens is 238 g/mol. The average molecular weight is 261 g/mol. The molecule has 1 unspecified atom stereocenters. The molecule has 1 fully saturated rings. The summed E-state index contributed by atoms with van der Waals surface area (Å²) in [5, 5.41) is 13.2. The number of nitrogens with one attached hydrogen (secondary N) is 1. The summed E-state index contributed by atoms with van der Waals surface area (Å²) in [7, 11) is 0. The van der Waals surface area contributed by atoms with Gasteiger partial charge in [0.2, 0.25) is 0 Å². The minimum Gasteiger partial charge on any atom is -0.508 e. The zero-order valence-electron chi connectivity index (χ0n) is 11.6. The van der Waals surface area contributed by atoms with E-state index in [0.717, 1.165) is 11.7 Å². The summed E-state index contributed by atoms with van der Waals surface area (Å²) < 4.78 is 5.65. The van der Waals surface area contributed by atoms with Crippen molar-refractivity contribution < 1.29 is 9.84 Å². The first-order valence-electron chi connectivity index (χ1n) is 7.48. The summed E-state index contributed by atoms with van der Waals surface area (Å²) in [5.74, 6) is 2.05. The molecule has 0 spiro atoms. The lowest BCUT2D eigenvalue weighted by Crippen LogP contribution is -2.36. The number of hydrogen-bond acceptors (Lipinski definition) is 3. The number of phenolic OH excluding ortho intramolecular Hbond substituents is 1. The molecule has 1 aromatic carbocycles. The highest BCUT2D eigenvalue weighted by Crippen LogP contribution is 2.36. The molecule has 1 saturated carbocycles. The van der Waals surface area contributed by atoms with Crippen molar-refractivity contribution in [2.24, 2.45) is 5.92 Å². The average Bonchev–Trinajstić information content (AvgIpc) is 2.82. The fourth-order valence-electron chi connectivity index (χ4n) is 3.36. The number of phenols is 1. The van der Waals surface area contributed by atoms with Crippen molar-refractivity contribution in [1.82, 2.24) is 5.32 Å². The van der Waals surface area contributed by atoms with Crippen LogP contribution in [-0.2, 0) is 0 Å². The van der Waals surface area contributed by atoms with Gasteiger partial charge >= 0.3 is 0 Å². The molecule has 3 rings (SSSR count). The Kier molecular flexibility index (Phi) is 3.65. The number of hydrogen-bond donors (Lipinski definition) is 2. The van der Waals surface area contributed by atoms with E-state index in [4.69, 9.17) is 4.74 Å². The third-order valence-corrected chi connectivity index (χ3v) is 4.64. The molecular formula is C16H23NO2. The minimum atomic E-state index is 0.280. The number of benzene rings is 1. The van der Waals surface area contributed by atoms with Crippen LogP contribution in [0, 0.1) is 5.92 Å². The van der Waals surface area contributed by atoms with E-state index in [1.54, 1.807) is 12.1 Å². The Bertz CT molecular complexity index is 438. The van der Waals surface area contributed by atoms with Crippen molar-refractivity contribution in [2.75, 3.05) is 6.61 Å². The van der Waals surface area contributed by atoms with Gasteiger partial charge in [0.1, 0.15) is 18.1 Å². The first kappa shape index (κ1) is 12.8. The predicted molar refractivity (Wildman–Crippen MR) is 75.5 cm³/mol. The van der Waals surface area contributed by atoms with E-state index in [0.29, 0.717) is 18.7 Å². The monoisotopic (exact) mass is 261 g/mol. The van der Waals surface area contributed by atoms with Gasteiger partial charge in [-0.15, -0.1) is 0 Å². The third-order valence-electron chi connectivity index (χ3n) is 4.64. The Morgan fingerprint density at radius 1 is 1.26 bits per heavy atom. The van der Waals surface area contributed by atoms with Crippen LogP contribution in [0.1, 0.15) is 50.6 Å². The molecule has 1 aromatic rings. The van der Waals surface area contributed by atoms with Crippen molar-refractivity contribution in [1.29, 1.82) is 0 Å². The molecule has 0 aromatic heterocycles. The summed E-state index contributed by atoms with van der Waals surface area (Å²) in [6.07, 6.45) is 6.58. The second-order valence-electron chi connectivity index (χ2n) is 5.88. The molecule has 1 aliphatic carbocycles. The Morgan fingerprint density at radius 2 is 2.05 bits per heavy atom. The van der Waals surface area contributed by atoms with Crippen LogP contribution in [0.2, 0.25) is 0 Å². The van der Waals surface area contributed by atoms with Gasteiger partial charge in [-0.2, -0.15) is 0 Å². The molecule has 1 aliphatic heterocycles. The van der Waals surface area contributed by atoms with Gasteiger partial charge in [-0.1, -0.05) is 13.3 Å². The number of aromatic hydroxyl groups is 1. The molecule has 1 atom stereocenters. The van der Waals surface area contributed by atoms with E-state index in [-0.39, 0.29) is 5.75 Å². The number of ether oxygens (including phenoxy) is 1. The summed E-state index contributed by atoms with van der Waals surface area (Å²) >= 11 is 0. The van der Waals surface area contributed by atoms with Gasteiger partial charge in [-0.3, -0.25) is 0 Å². The highest BCUT2D eigenvalue weighted by atomic mass is 16.5. The van der Waals surface area contributed by atoms with Crippen LogP contribution in [0.25, 0.3) is 0 Å². The lowest BCUT2D eigenvalue weighted by Gasteiger charge is -2.30. The summed E-state index contributed by atoms with van der Waals surface area (Å²) in [5.41, 5.74) is 1.19. The van der Waals surface area contributed by atoms with E-state index in [1.807, 2.05) is 6.07 Å². The summed E-state index contributed by atoms with van der Waals surface area (Å²) in [6, 6.07) is 6.35. The van der Waals surface area contributed by atoms with E-state index in [9.17, 15) is 5.11 Å². The van der Waals surface area contributed by atoms with Crippen LogP contribution in [0.15, 0.2) is 18.2 Å². The molecule has 19 heavy (non-hydrogen) atoms. The molecule has 3 nitrogen and oxygen atoms in total. The Morgan fingerprint density at radius 3 is 2.79 bits per heavy atom. The van der Waals surface area contributed by atoms with E-state index >= 15 is 0 Å². The van der Waals surface area contributed by atoms with Crippen LogP contribution in [0.5, 0.6) is 11.5 Å². The van der Waals surface area contributed by atoms with Gasteiger partial charge in [0.05, 0.1) is 6.04 Å². The topological polar surface area (TPSA) is 41.5 Å². The highest BCUT2D eigenvalue weighted by Gasteiger charge is 2.28. The van der Waals surface area contributed by atoms with Gasteiger partial charge in [-0.25, -0.2) is 0 Å². The number of fused-ring (bicyclic) bond motifs is 1. The fraction of sp³-hybridized carbons (Fsp3) is 0.625. The summed E-state index contributed by atoms with van der Waals surface area (Å²) in [6.45, 7) is 2.98. The predicted octanol–water partition coefficient (Wildman–Crippen LogP) is 3.38. The quantitative estimate of drug-likeness (QED) is 0.876. The van der Waals surface area contributed by atoms with E-state index in [1.165, 1.54) is 37.7 Å². The third kappa shape index (κ3) is 2.71. The maximum absolute atomic E-state index is 9.46. The zero-order valence-corrected chi connectivity index (χ0v) is 11.6. The highest BCUT2D eigenvalue weighted by molar-refractivity contribution is 5.44. The lowest BCUT2D eigenvalue weighted by molar-refractivity contribution is 0.245. The molecule has 0 amide bonds. The van der Waals surface area contributed by atoms with Crippen LogP contribution in [0.3, 0.4) is 0 Å². The zero-order chi connectivity index (χ0) is 13.2. The Balaban J connectivity index is 1.61. The van der Waals surface area contributed by atoms with Crippen molar-refractivity contribution in [3.8, 4) is 11.5 Å². The van der Waals surface area contributed by atoms with Gasteiger partial charge in [-0.05, 0) is 43.7 Å². The van der Waals surface area contributed by atoms with Crippen molar-refractivity contribution in [2.45, 2.75) is 51.1 Å². The van der Waals surface area contributed by atoms with Crippen molar-refractivity contribution in [3.63, 3.8) is 0 Å². The smallest absolute Gasteiger partial charge is 0.127 e. The first-order valence-corrected chi connectivity index (χ1v) is 7.48. The number of rotatable bonds is 3. The second kappa shape index (κ2) is 5.41. The maximum atomic E-state index is 9.46. The van der Waals surface area contributed by atoms with Gasteiger partial charge in [0.15, 0.2) is 0 Å². The standard InChI is InChI=1S/C16H23NO2/c1-2-11-3-5-12(6-4-11)17-15-10-19-16-9-13(18)7-8-14(15)16/h7-9,11-12,15,17-18H,2-6,10H2,1H3. The molecule has 104 valence electrons. The molecule has 0 saturated heterocycles. The fourth-order valence-corrected chi connectivity index (χ4v) is 3.36. The van der Waals surface area contributed by atoms with Crippen LogP contribution >= 0.6 is 0 Å². The van der Waals surface area contributed by atoms with Crippen LogP contribution in [0.4, 0.5) is 0 Å². The molecule has 0 bridgehead atoms. The SMILES string of the molecule is CCC1CCC(NC2COc3cc(O)ccc32)CC1. The summed E-state index contributed by atoms with van der Waals surface area (Å²) in [4.78, 5) is 0. The minimum absolute atomic E-state index is 0.280. The van der Waals surface area contributed by atoms with E-state index < -0.39 is 0 Å². The van der Waals surface area contributed by atoms with Crippen molar-refractivity contribution >= 4 is 0 Å². The first-order chi connectivity index (χ1) is 9.26. The Hall–Kier alpha value is -1.22. The van der Waals surface area contributed by atoms with E-state index in [2.05, 4.69) is 12.2 Å². The van der Waals surface area contributed by atoms with Crippen LogP contribution < -0.4 is 10.1 Å². The lowest BCUT2D eigenvalue weighted by atomic mass is 9.84. The largest absolute Gasteiger partial charge is 0.508 e. The van der Waals surface area contributed by atoms with Crippen molar-refractivity contribution in [3.05, 3.63) is 23.8 Å². The molecule has 2 aliphatic rings. The normalized spacial score (nSPS) is 29.8. The second-order valence-corrected chi connectivity index (χ2v) is 5.88. The maximum Gasteiger partial charge on any atom is 0.127 e. The molecule has 2 N–H and O–H groups in total. The molecule has 0 radical (unpaired) electrons.